The molecular weight excluding hydrogens is 304 g/mol. The van der Waals surface area contributed by atoms with Gasteiger partial charge in [0.25, 0.3) is 5.91 Å². The number of hydrogen-bond donors (Lipinski definition) is 3. The van der Waals surface area contributed by atoms with Crippen LogP contribution in [0.4, 0.5) is 0 Å². The Labute approximate surface area is 144 Å². The molecular formula is C18H28N4O2. The molecule has 0 aromatic heterocycles. The summed E-state index contributed by atoms with van der Waals surface area (Å²) in [6.07, 6.45) is 0. The first-order chi connectivity index (χ1) is 11.6. The third kappa shape index (κ3) is 5.94. The number of nitrogens with one attached hydrogen (secondary N) is 3. The summed E-state index contributed by atoms with van der Waals surface area (Å²) in [7, 11) is 0. The van der Waals surface area contributed by atoms with E-state index in [1.54, 1.807) is 12.1 Å². The number of nitrogens with zero attached hydrogens (tertiary/aromatic N) is 1. The summed E-state index contributed by atoms with van der Waals surface area (Å²) in [5.74, 6) is -0.0432. The van der Waals surface area contributed by atoms with Crippen LogP contribution in [-0.2, 0) is 11.3 Å². The summed E-state index contributed by atoms with van der Waals surface area (Å²) >= 11 is 0. The van der Waals surface area contributed by atoms with E-state index >= 15 is 0 Å². The molecule has 0 unspecified atom stereocenters. The highest BCUT2D eigenvalue weighted by Gasteiger charge is 2.10. The van der Waals surface area contributed by atoms with Crippen LogP contribution in [0.25, 0.3) is 0 Å². The van der Waals surface area contributed by atoms with Crippen molar-refractivity contribution in [2.75, 3.05) is 39.3 Å². The molecule has 0 saturated carbocycles. The number of hydrogen-bond acceptors (Lipinski definition) is 4. The molecule has 1 heterocycles. The second-order valence-electron chi connectivity index (χ2n) is 6.42. The molecule has 1 aromatic rings. The topological polar surface area (TPSA) is 73.5 Å². The van der Waals surface area contributed by atoms with Crippen LogP contribution < -0.4 is 16.0 Å². The molecule has 1 aliphatic heterocycles. The van der Waals surface area contributed by atoms with E-state index in [-0.39, 0.29) is 17.7 Å². The lowest BCUT2D eigenvalue weighted by Gasteiger charge is -2.27. The van der Waals surface area contributed by atoms with Crippen molar-refractivity contribution in [2.24, 2.45) is 5.92 Å². The Hall–Kier alpha value is -1.92. The monoisotopic (exact) mass is 332 g/mol. The molecule has 1 fully saturated rings. The van der Waals surface area contributed by atoms with Gasteiger partial charge in [0, 0.05) is 57.3 Å². The predicted octanol–water partition coefficient (Wildman–Crippen LogP) is 0.594. The first kappa shape index (κ1) is 18.4. The molecule has 0 radical (unpaired) electrons. The maximum absolute atomic E-state index is 12.1. The Bertz CT molecular complexity index is 536. The molecule has 0 bridgehead atoms. The van der Waals surface area contributed by atoms with Crippen molar-refractivity contribution in [3.8, 4) is 0 Å². The van der Waals surface area contributed by atoms with Gasteiger partial charge >= 0.3 is 0 Å². The number of carbonyl (C=O) groups excluding carboxylic acids is 2. The zero-order chi connectivity index (χ0) is 17.4. The second-order valence-corrected chi connectivity index (χ2v) is 6.42. The molecule has 3 N–H and O–H groups in total. The molecule has 24 heavy (non-hydrogen) atoms. The molecule has 2 rings (SSSR count). The Morgan fingerprint density at radius 3 is 2.42 bits per heavy atom. The molecule has 1 aliphatic rings. The smallest absolute Gasteiger partial charge is 0.251 e. The standard InChI is InChI=1S/C18H28N4O2/c1-14(2)17(23)21-13-15-3-5-16(6-4-15)18(24)20-9-12-22-10-7-19-8-11-22/h3-6,14,19H,7-13H2,1-2H3,(H,20,24)(H,21,23). The third-order valence-electron chi connectivity index (χ3n) is 4.13. The zero-order valence-electron chi connectivity index (χ0n) is 14.6. The molecule has 132 valence electrons. The van der Waals surface area contributed by atoms with Crippen molar-refractivity contribution >= 4 is 11.8 Å². The van der Waals surface area contributed by atoms with E-state index in [9.17, 15) is 9.59 Å². The Morgan fingerprint density at radius 2 is 1.79 bits per heavy atom. The fourth-order valence-corrected chi connectivity index (χ4v) is 2.53. The Kier molecular flexibility index (Phi) is 7.21. The summed E-state index contributed by atoms with van der Waals surface area (Å²) in [5, 5.41) is 9.14. The summed E-state index contributed by atoms with van der Waals surface area (Å²) in [6.45, 7) is 9.86. The average Bonchev–Trinajstić information content (AvgIpc) is 2.60. The number of rotatable bonds is 7. The summed E-state index contributed by atoms with van der Waals surface area (Å²) in [6, 6.07) is 7.37. The average molecular weight is 332 g/mol. The maximum Gasteiger partial charge on any atom is 0.251 e. The Balaban J connectivity index is 1.73. The van der Waals surface area contributed by atoms with Gasteiger partial charge in [-0.25, -0.2) is 0 Å². The first-order valence-electron chi connectivity index (χ1n) is 8.64. The quantitative estimate of drug-likeness (QED) is 0.683. The predicted molar refractivity (Wildman–Crippen MR) is 94.8 cm³/mol. The van der Waals surface area contributed by atoms with E-state index in [1.165, 1.54) is 0 Å². The highest BCUT2D eigenvalue weighted by molar-refractivity contribution is 5.94. The minimum absolute atomic E-state index is 0.0225. The van der Waals surface area contributed by atoms with Crippen molar-refractivity contribution in [2.45, 2.75) is 20.4 Å². The fourth-order valence-electron chi connectivity index (χ4n) is 2.53. The van der Waals surface area contributed by atoms with Crippen LogP contribution in [0, 0.1) is 5.92 Å². The van der Waals surface area contributed by atoms with Gasteiger partial charge in [-0.1, -0.05) is 26.0 Å². The minimum Gasteiger partial charge on any atom is -0.352 e. The van der Waals surface area contributed by atoms with Crippen molar-refractivity contribution in [1.29, 1.82) is 0 Å². The van der Waals surface area contributed by atoms with Crippen LogP contribution in [0.2, 0.25) is 0 Å². The lowest BCUT2D eigenvalue weighted by molar-refractivity contribution is -0.124. The maximum atomic E-state index is 12.1. The molecule has 2 amide bonds. The van der Waals surface area contributed by atoms with Gasteiger partial charge in [-0.05, 0) is 17.7 Å². The van der Waals surface area contributed by atoms with E-state index in [4.69, 9.17) is 0 Å². The second kappa shape index (κ2) is 9.39. The Morgan fingerprint density at radius 1 is 1.12 bits per heavy atom. The molecule has 0 aliphatic carbocycles. The molecule has 6 nitrogen and oxygen atoms in total. The van der Waals surface area contributed by atoms with Crippen molar-refractivity contribution in [3.05, 3.63) is 35.4 Å². The van der Waals surface area contributed by atoms with Crippen LogP contribution in [0.15, 0.2) is 24.3 Å². The highest BCUT2D eigenvalue weighted by Crippen LogP contribution is 2.05. The number of carbonyl (C=O) groups is 2. The molecule has 0 atom stereocenters. The summed E-state index contributed by atoms with van der Waals surface area (Å²) in [4.78, 5) is 26.0. The van der Waals surface area contributed by atoms with E-state index in [0.29, 0.717) is 18.7 Å². The largest absolute Gasteiger partial charge is 0.352 e. The normalized spacial score (nSPS) is 15.3. The number of benzene rings is 1. The lowest BCUT2D eigenvalue weighted by Crippen LogP contribution is -2.46. The van der Waals surface area contributed by atoms with Crippen molar-refractivity contribution < 1.29 is 9.59 Å². The van der Waals surface area contributed by atoms with Gasteiger partial charge in [0.1, 0.15) is 0 Å². The van der Waals surface area contributed by atoms with Crippen LogP contribution >= 0.6 is 0 Å². The zero-order valence-corrected chi connectivity index (χ0v) is 14.6. The van der Waals surface area contributed by atoms with Gasteiger partial charge in [-0.3, -0.25) is 14.5 Å². The van der Waals surface area contributed by atoms with E-state index in [0.717, 1.165) is 38.3 Å². The fraction of sp³-hybridized carbons (Fsp3) is 0.556. The highest BCUT2D eigenvalue weighted by atomic mass is 16.2. The first-order valence-corrected chi connectivity index (χ1v) is 8.64. The van der Waals surface area contributed by atoms with E-state index in [1.807, 2.05) is 26.0 Å². The van der Waals surface area contributed by atoms with Crippen LogP contribution in [-0.4, -0.2) is 56.0 Å². The number of amides is 2. The van der Waals surface area contributed by atoms with Crippen LogP contribution in [0.5, 0.6) is 0 Å². The summed E-state index contributed by atoms with van der Waals surface area (Å²) in [5.41, 5.74) is 1.63. The summed E-state index contributed by atoms with van der Waals surface area (Å²) < 4.78 is 0. The number of piperazine rings is 1. The minimum atomic E-state index is -0.0529. The van der Waals surface area contributed by atoms with Crippen molar-refractivity contribution in [3.63, 3.8) is 0 Å². The van der Waals surface area contributed by atoms with Gasteiger partial charge in [-0.2, -0.15) is 0 Å². The molecule has 6 heteroatoms. The molecule has 0 spiro atoms. The molecule has 1 saturated heterocycles. The van der Waals surface area contributed by atoms with Gasteiger partial charge in [0.15, 0.2) is 0 Å². The van der Waals surface area contributed by atoms with E-state index in [2.05, 4.69) is 20.9 Å². The SMILES string of the molecule is CC(C)C(=O)NCc1ccc(C(=O)NCCN2CCNCC2)cc1. The van der Waals surface area contributed by atoms with Crippen LogP contribution in [0.1, 0.15) is 29.8 Å². The third-order valence-corrected chi connectivity index (χ3v) is 4.13. The lowest BCUT2D eigenvalue weighted by atomic mass is 10.1. The van der Waals surface area contributed by atoms with Gasteiger partial charge in [-0.15, -0.1) is 0 Å². The van der Waals surface area contributed by atoms with Gasteiger partial charge in [0.05, 0.1) is 0 Å². The van der Waals surface area contributed by atoms with Gasteiger partial charge in [0.2, 0.25) is 5.91 Å². The van der Waals surface area contributed by atoms with Crippen LogP contribution in [0.3, 0.4) is 0 Å². The van der Waals surface area contributed by atoms with E-state index < -0.39 is 0 Å². The van der Waals surface area contributed by atoms with Crippen molar-refractivity contribution in [1.82, 2.24) is 20.9 Å². The molecule has 1 aromatic carbocycles. The van der Waals surface area contributed by atoms with Gasteiger partial charge < -0.3 is 16.0 Å².